The van der Waals surface area contributed by atoms with Gasteiger partial charge in [-0.1, -0.05) is 17.3 Å². The number of benzene rings is 1. The lowest BCUT2D eigenvalue weighted by molar-refractivity contribution is 0.0161. The van der Waals surface area contributed by atoms with E-state index >= 15 is 0 Å². The number of halogens is 1. The number of fused-ring (bicyclic) bond motifs is 1. The van der Waals surface area contributed by atoms with Crippen LogP contribution in [0, 0.1) is 12.7 Å². The molecule has 0 spiro atoms. The summed E-state index contributed by atoms with van der Waals surface area (Å²) in [5, 5.41) is 30.5. The fourth-order valence-corrected chi connectivity index (χ4v) is 4.71. The van der Waals surface area contributed by atoms with Crippen molar-refractivity contribution in [3.8, 4) is 17.1 Å². The Morgan fingerprint density at radius 3 is 2.78 bits per heavy atom. The van der Waals surface area contributed by atoms with E-state index in [0.29, 0.717) is 46.3 Å². The van der Waals surface area contributed by atoms with Gasteiger partial charge in [0, 0.05) is 24.6 Å². The number of nitrogens with one attached hydrogen (secondary N) is 2. The standard InChI is InChI=1S/C25H28FN7O4/c1-12-22-18(32-25(27)29-12)9-17(31-24(22)33-37-11-19-23(35)20(34)10-28-19)14-7-6-13(26)8-15(14)16-4-3-5-21(30-16)36-2/h3-8,17,19-20,23,28,34-35H,9-11H2,1-2H3,(H,31,33)(H2,27,29,32)/t17?,19-,20+,23-/m1/s1. The van der Waals surface area contributed by atoms with Crippen molar-refractivity contribution in [3.05, 3.63) is 64.7 Å². The fourth-order valence-electron chi connectivity index (χ4n) is 4.71. The van der Waals surface area contributed by atoms with Gasteiger partial charge in [0.05, 0.1) is 54.0 Å². The van der Waals surface area contributed by atoms with Crippen molar-refractivity contribution < 1.29 is 24.2 Å². The SMILES string of the molecule is COc1cccc(-c2cc(F)ccc2C2Cc3nc(N)nc(C)c3C(=NOC[C@H]3NC[C@H](O)[C@@H]3O)N2)n1. The molecule has 6 N–H and O–H groups in total. The van der Waals surface area contributed by atoms with Gasteiger partial charge in [-0.05, 0) is 30.7 Å². The van der Waals surface area contributed by atoms with Crippen LogP contribution in [0.1, 0.15) is 28.6 Å². The van der Waals surface area contributed by atoms with Gasteiger partial charge in [-0.3, -0.25) is 0 Å². The van der Waals surface area contributed by atoms with Crippen molar-refractivity contribution in [1.29, 1.82) is 0 Å². The molecular formula is C25H28FN7O4. The zero-order valence-corrected chi connectivity index (χ0v) is 20.3. The van der Waals surface area contributed by atoms with E-state index in [9.17, 15) is 14.6 Å². The highest BCUT2D eigenvalue weighted by molar-refractivity contribution is 6.01. The van der Waals surface area contributed by atoms with E-state index < -0.39 is 24.1 Å². The lowest BCUT2D eigenvalue weighted by Crippen LogP contribution is -2.39. The second-order valence-corrected chi connectivity index (χ2v) is 9.00. The van der Waals surface area contributed by atoms with Crippen LogP contribution in [0.5, 0.6) is 5.88 Å². The highest BCUT2D eigenvalue weighted by Crippen LogP contribution is 2.34. The number of amidine groups is 1. The third-order valence-corrected chi connectivity index (χ3v) is 6.53. The van der Waals surface area contributed by atoms with Crippen molar-refractivity contribution >= 4 is 11.8 Å². The van der Waals surface area contributed by atoms with E-state index in [1.807, 2.05) is 0 Å². The van der Waals surface area contributed by atoms with Gasteiger partial charge >= 0.3 is 0 Å². The number of oxime groups is 1. The summed E-state index contributed by atoms with van der Waals surface area (Å²) in [5.74, 6) is 0.530. The van der Waals surface area contributed by atoms with Gasteiger partial charge in [-0.25, -0.2) is 19.3 Å². The molecule has 1 fully saturated rings. The molecular weight excluding hydrogens is 481 g/mol. The molecule has 2 aliphatic heterocycles. The van der Waals surface area contributed by atoms with Gasteiger partial charge in [-0.2, -0.15) is 0 Å². The molecule has 194 valence electrons. The number of nitrogens with two attached hydrogens (primary N) is 1. The van der Waals surface area contributed by atoms with Crippen LogP contribution in [-0.2, 0) is 11.3 Å². The molecule has 4 atom stereocenters. The molecule has 0 bridgehead atoms. The Hall–Kier alpha value is -3.87. The number of hydrogen-bond donors (Lipinski definition) is 5. The number of β-amino-alcohol motifs (C(OH)–C–C–N with tert-alkyl or cyclic N) is 1. The minimum absolute atomic E-state index is 0.0355. The quantitative estimate of drug-likeness (QED) is 0.301. The van der Waals surface area contributed by atoms with Gasteiger partial charge < -0.3 is 36.2 Å². The predicted octanol–water partition coefficient (Wildman–Crippen LogP) is 0.836. The number of aromatic nitrogens is 3. The topological polar surface area (TPSA) is 160 Å². The fraction of sp³-hybridized carbons (Fsp3) is 0.360. The smallest absolute Gasteiger partial charge is 0.220 e. The largest absolute Gasteiger partial charge is 0.481 e. The average molecular weight is 510 g/mol. The number of ether oxygens (including phenoxy) is 1. The average Bonchev–Trinajstić information content (AvgIpc) is 3.20. The Morgan fingerprint density at radius 2 is 2.03 bits per heavy atom. The molecule has 1 saturated heterocycles. The number of pyridine rings is 1. The maximum atomic E-state index is 14.4. The second-order valence-electron chi connectivity index (χ2n) is 9.00. The molecule has 5 rings (SSSR count). The first-order valence-corrected chi connectivity index (χ1v) is 11.8. The normalized spacial score (nSPS) is 24.0. The molecule has 1 unspecified atom stereocenters. The molecule has 4 heterocycles. The third kappa shape index (κ3) is 5.03. The molecule has 11 nitrogen and oxygen atoms in total. The van der Waals surface area contributed by atoms with Gasteiger partial charge in [0.25, 0.3) is 0 Å². The molecule has 0 saturated carbocycles. The number of methoxy groups -OCH3 is 1. The molecule has 1 aromatic carbocycles. The van der Waals surface area contributed by atoms with E-state index in [4.69, 9.17) is 15.3 Å². The van der Waals surface area contributed by atoms with Crippen LogP contribution in [0.3, 0.4) is 0 Å². The van der Waals surface area contributed by atoms with Gasteiger partial charge in [0.2, 0.25) is 11.8 Å². The number of anilines is 1. The summed E-state index contributed by atoms with van der Waals surface area (Å²) >= 11 is 0. The predicted molar refractivity (Wildman–Crippen MR) is 133 cm³/mol. The first-order chi connectivity index (χ1) is 17.8. The lowest BCUT2D eigenvalue weighted by atomic mass is 9.90. The molecule has 2 aliphatic rings. The maximum absolute atomic E-state index is 14.4. The van der Waals surface area contributed by atoms with Crippen LogP contribution in [0.15, 0.2) is 41.6 Å². The van der Waals surface area contributed by atoms with Crippen LogP contribution < -0.4 is 21.1 Å². The molecule has 0 aliphatic carbocycles. The van der Waals surface area contributed by atoms with Crippen molar-refractivity contribution in [2.24, 2.45) is 5.16 Å². The van der Waals surface area contributed by atoms with Crippen molar-refractivity contribution in [1.82, 2.24) is 25.6 Å². The highest BCUT2D eigenvalue weighted by Gasteiger charge is 2.34. The van der Waals surface area contributed by atoms with Gasteiger partial charge in [0.15, 0.2) is 5.84 Å². The van der Waals surface area contributed by atoms with Crippen LogP contribution in [0.25, 0.3) is 11.3 Å². The Kier molecular flexibility index (Phi) is 6.87. The molecule has 3 aromatic rings. The highest BCUT2D eigenvalue weighted by atomic mass is 19.1. The first kappa shape index (κ1) is 24.8. The summed E-state index contributed by atoms with van der Waals surface area (Å²) < 4.78 is 19.6. The molecule has 2 aromatic heterocycles. The molecule has 37 heavy (non-hydrogen) atoms. The van der Waals surface area contributed by atoms with E-state index in [1.54, 1.807) is 31.2 Å². The van der Waals surface area contributed by atoms with Gasteiger partial charge in [-0.15, -0.1) is 0 Å². The summed E-state index contributed by atoms with van der Waals surface area (Å²) in [6.07, 6.45) is -1.39. The zero-order chi connectivity index (χ0) is 26.1. The molecule has 0 amide bonds. The summed E-state index contributed by atoms with van der Waals surface area (Å²) in [4.78, 5) is 18.8. The summed E-state index contributed by atoms with van der Waals surface area (Å²) in [7, 11) is 1.52. The number of aliphatic hydroxyl groups excluding tert-OH is 2. The van der Waals surface area contributed by atoms with Crippen LogP contribution in [0.2, 0.25) is 0 Å². The molecule has 0 radical (unpaired) electrons. The zero-order valence-electron chi connectivity index (χ0n) is 20.3. The van der Waals surface area contributed by atoms with Crippen molar-refractivity contribution in [3.63, 3.8) is 0 Å². The lowest BCUT2D eigenvalue weighted by Gasteiger charge is -2.29. The van der Waals surface area contributed by atoms with E-state index in [0.717, 1.165) is 5.56 Å². The number of rotatable bonds is 6. The maximum Gasteiger partial charge on any atom is 0.220 e. The number of nitrogens with zero attached hydrogens (tertiary/aromatic N) is 4. The van der Waals surface area contributed by atoms with E-state index in [2.05, 4.69) is 30.7 Å². The number of aryl methyl sites for hydroxylation is 1. The monoisotopic (exact) mass is 509 g/mol. The second kappa shape index (κ2) is 10.2. The summed E-state index contributed by atoms with van der Waals surface area (Å²) in [5.41, 5.74) is 9.81. The van der Waals surface area contributed by atoms with Gasteiger partial charge in [0.1, 0.15) is 12.4 Å². The number of hydrogen-bond acceptors (Lipinski definition) is 10. The van der Waals surface area contributed by atoms with Crippen molar-refractivity contribution in [2.45, 2.75) is 37.6 Å². The Labute approximate surface area is 212 Å². The van der Waals surface area contributed by atoms with Crippen LogP contribution in [0.4, 0.5) is 10.3 Å². The van der Waals surface area contributed by atoms with E-state index in [-0.39, 0.29) is 25.1 Å². The summed E-state index contributed by atoms with van der Waals surface area (Å²) in [6.45, 7) is 2.11. The minimum atomic E-state index is -0.957. The molecule has 12 heteroatoms. The first-order valence-electron chi connectivity index (χ1n) is 11.8. The summed E-state index contributed by atoms with van der Waals surface area (Å²) in [6, 6.07) is 8.98. The number of aliphatic hydroxyl groups is 2. The minimum Gasteiger partial charge on any atom is -0.481 e. The Morgan fingerprint density at radius 1 is 1.19 bits per heavy atom. The van der Waals surface area contributed by atoms with Crippen molar-refractivity contribution in [2.75, 3.05) is 26.0 Å². The third-order valence-electron chi connectivity index (χ3n) is 6.53. The number of nitrogen functional groups attached to an aromatic ring is 1. The Bertz CT molecular complexity index is 1340. The van der Waals surface area contributed by atoms with Crippen LogP contribution >= 0.6 is 0 Å². The van der Waals surface area contributed by atoms with Crippen LogP contribution in [-0.4, -0.2) is 69.5 Å². The Balaban J connectivity index is 1.51. The van der Waals surface area contributed by atoms with E-state index in [1.165, 1.54) is 19.2 Å².